The van der Waals surface area contributed by atoms with Crippen molar-refractivity contribution in [3.8, 4) is 28.7 Å². The van der Waals surface area contributed by atoms with Crippen LogP contribution in [0.1, 0.15) is 29.3 Å². The molecule has 2 aromatic rings. The highest BCUT2D eigenvalue weighted by Gasteiger charge is 2.51. The maximum atomic E-state index is 12.9. The molecule has 0 aromatic heterocycles. The van der Waals surface area contributed by atoms with Crippen molar-refractivity contribution in [3.63, 3.8) is 0 Å². The summed E-state index contributed by atoms with van der Waals surface area (Å²) >= 11 is 0. The number of hydrogen-bond acceptors (Lipinski definition) is 16. The number of carbonyl (C=O) groups is 1. The molecule has 2 saturated heterocycles. The zero-order valence-electron chi connectivity index (χ0n) is 22.5. The maximum absolute atomic E-state index is 12.9. The zero-order valence-corrected chi connectivity index (χ0v) is 22.5. The number of hydrogen-bond donors (Lipinski definition) is 10. The number of phenolic OH excluding ortho intramolecular Hbond substituents is 3. The van der Waals surface area contributed by atoms with Gasteiger partial charge in [0.2, 0.25) is 12.1 Å². The Balaban J connectivity index is 1.44. The van der Waals surface area contributed by atoms with Crippen molar-refractivity contribution in [2.24, 2.45) is 0 Å². The number of phenols is 3. The van der Waals surface area contributed by atoms with E-state index in [1.807, 2.05) is 0 Å². The van der Waals surface area contributed by atoms with E-state index in [-0.39, 0.29) is 22.6 Å². The Morgan fingerprint density at radius 1 is 0.860 bits per heavy atom. The first-order chi connectivity index (χ1) is 20.2. The van der Waals surface area contributed by atoms with E-state index in [9.17, 15) is 55.9 Å². The molecule has 3 aliphatic heterocycles. The summed E-state index contributed by atoms with van der Waals surface area (Å²) < 4.78 is 28.1. The van der Waals surface area contributed by atoms with Crippen molar-refractivity contribution in [3.05, 3.63) is 41.5 Å². The lowest BCUT2D eigenvalue weighted by Crippen LogP contribution is -2.64. The third-order valence-electron chi connectivity index (χ3n) is 7.62. The summed E-state index contributed by atoms with van der Waals surface area (Å²) in [5.74, 6) is -5.39. The molecule has 0 aliphatic carbocycles. The fourth-order valence-corrected chi connectivity index (χ4v) is 5.17. The van der Waals surface area contributed by atoms with Crippen molar-refractivity contribution in [1.82, 2.24) is 0 Å². The molecule has 0 amide bonds. The van der Waals surface area contributed by atoms with Crippen LogP contribution in [-0.4, -0.2) is 125 Å². The number of aliphatic hydroxyl groups is 7. The van der Waals surface area contributed by atoms with Gasteiger partial charge in [-0.3, -0.25) is 4.79 Å². The molecule has 16 heteroatoms. The highest BCUT2D eigenvalue weighted by atomic mass is 16.8. The third kappa shape index (κ3) is 5.69. The minimum absolute atomic E-state index is 0.0906. The Kier molecular flexibility index (Phi) is 8.45. The van der Waals surface area contributed by atoms with Gasteiger partial charge in [0, 0.05) is 17.7 Å². The van der Waals surface area contributed by atoms with Gasteiger partial charge >= 0.3 is 0 Å². The van der Waals surface area contributed by atoms with Crippen molar-refractivity contribution in [2.75, 3.05) is 6.61 Å². The number of aromatic hydroxyl groups is 3. The quantitative estimate of drug-likeness (QED) is 0.153. The van der Waals surface area contributed by atoms with E-state index < -0.39 is 103 Å². The van der Waals surface area contributed by atoms with Crippen LogP contribution in [0.4, 0.5) is 0 Å². The Morgan fingerprint density at radius 3 is 2.26 bits per heavy atom. The van der Waals surface area contributed by atoms with Crippen LogP contribution < -0.4 is 9.47 Å². The molecule has 0 unspecified atom stereocenters. The number of ketones is 1. The van der Waals surface area contributed by atoms with Crippen LogP contribution in [0.25, 0.3) is 0 Å². The average Bonchev–Trinajstić information content (AvgIpc) is 2.94. The first-order valence-corrected chi connectivity index (χ1v) is 13.2. The number of carbonyl (C=O) groups excluding carboxylic acids is 1. The number of aliphatic hydroxyl groups excluding tert-OH is 6. The van der Waals surface area contributed by atoms with E-state index in [0.717, 1.165) is 24.3 Å². The van der Waals surface area contributed by atoms with E-state index >= 15 is 0 Å². The van der Waals surface area contributed by atoms with Crippen molar-refractivity contribution < 1.29 is 79.5 Å². The van der Waals surface area contributed by atoms with Crippen LogP contribution in [0.5, 0.6) is 28.7 Å². The van der Waals surface area contributed by atoms with Gasteiger partial charge in [-0.1, -0.05) is 0 Å². The van der Waals surface area contributed by atoms with Gasteiger partial charge in [0.05, 0.1) is 19.1 Å². The molecule has 236 valence electrons. The molecule has 10 N–H and O–H groups in total. The lowest BCUT2D eigenvalue weighted by atomic mass is 9.92. The van der Waals surface area contributed by atoms with Gasteiger partial charge in [-0.05, 0) is 25.1 Å². The average molecular weight is 613 g/mol. The smallest absolute Gasteiger partial charge is 0.242 e. The molecule has 3 aliphatic rings. The number of ether oxygens (including phenoxy) is 5. The summed E-state index contributed by atoms with van der Waals surface area (Å²) in [5.41, 5.74) is -0.395. The van der Waals surface area contributed by atoms with E-state index in [2.05, 4.69) is 0 Å². The second kappa shape index (κ2) is 11.7. The fraction of sp³-hybridized carbons (Fsp3) is 0.519. The largest absolute Gasteiger partial charge is 0.507 e. The number of fused-ring (bicyclic) bond motifs is 1. The van der Waals surface area contributed by atoms with Gasteiger partial charge in [-0.2, -0.15) is 0 Å². The summed E-state index contributed by atoms with van der Waals surface area (Å²) in [6.07, 6.45) is -16.5. The first kappa shape index (κ1) is 31.1. The molecule has 2 aromatic carbocycles. The van der Waals surface area contributed by atoms with E-state index in [0.29, 0.717) is 0 Å². The Bertz CT molecular complexity index is 1350. The van der Waals surface area contributed by atoms with Crippen molar-refractivity contribution in [2.45, 2.75) is 80.5 Å². The van der Waals surface area contributed by atoms with Crippen molar-refractivity contribution in [1.29, 1.82) is 0 Å². The summed E-state index contributed by atoms with van der Waals surface area (Å²) in [7, 11) is 0. The molecule has 11 atom stereocenters. The molecule has 0 saturated carbocycles. The Morgan fingerprint density at radius 2 is 1.58 bits per heavy atom. The minimum atomic E-state index is -2.33. The molecule has 2 fully saturated rings. The molecule has 3 heterocycles. The van der Waals surface area contributed by atoms with Gasteiger partial charge in [0.1, 0.15) is 59.4 Å². The van der Waals surface area contributed by atoms with Crippen LogP contribution in [-0.2, 0) is 20.0 Å². The number of Topliss-reactive ketones (excluding diaryl/α,β-unsaturated/α-hetero) is 1. The number of rotatable bonds is 6. The van der Waals surface area contributed by atoms with Gasteiger partial charge in [-0.15, -0.1) is 0 Å². The van der Waals surface area contributed by atoms with Crippen LogP contribution >= 0.6 is 0 Å². The molecule has 0 spiro atoms. The predicted molar refractivity (Wildman–Crippen MR) is 137 cm³/mol. The Labute approximate surface area is 243 Å². The second-order valence-electron chi connectivity index (χ2n) is 10.6. The van der Waals surface area contributed by atoms with Gasteiger partial charge in [0.25, 0.3) is 0 Å². The lowest BCUT2D eigenvalue weighted by molar-refractivity contribution is -0.354. The van der Waals surface area contributed by atoms with Gasteiger partial charge in [-0.25, -0.2) is 0 Å². The topological polar surface area (TPSA) is 266 Å². The van der Waals surface area contributed by atoms with Crippen LogP contribution in [0.2, 0.25) is 0 Å². The highest BCUT2D eigenvalue weighted by Crippen LogP contribution is 2.45. The standard InChI is InChI=1S/C27H32O16/c1-9-19(33)21(35)23(37)25(39-9)42-24-22(36)20(34)17(8-28)41-26(24)40-11-5-14(31)18-15(32)7-27(38,43-16(18)6-11)10-2-3-12(29)13(30)4-10/h2-6,9,17,19-26,28-31,33-38H,7-8H2,1H3/t9-,17+,19-,20+,21+,22-,23+,24+,25-,26+,27-/m0/s1. The molecular weight excluding hydrogens is 580 g/mol. The lowest BCUT2D eigenvalue weighted by Gasteiger charge is -2.45. The second-order valence-corrected chi connectivity index (χ2v) is 10.6. The van der Waals surface area contributed by atoms with E-state index in [1.165, 1.54) is 13.0 Å². The highest BCUT2D eigenvalue weighted by molar-refractivity contribution is 6.03. The molecule has 16 nitrogen and oxygen atoms in total. The molecular formula is C27H32O16. The monoisotopic (exact) mass is 612 g/mol. The third-order valence-corrected chi connectivity index (χ3v) is 7.62. The Hall–Kier alpha value is -3.29. The molecule has 5 rings (SSSR count). The zero-order chi connectivity index (χ0) is 31.4. The normalized spacial score (nSPS) is 37.8. The minimum Gasteiger partial charge on any atom is -0.507 e. The first-order valence-electron chi connectivity index (χ1n) is 13.2. The summed E-state index contributed by atoms with van der Waals surface area (Å²) in [5, 5.41) is 103. The molecule has 43 heavy (non-hydrogen) atoms. The maximum Gasteiger partial charge on any atom is 0.242 e. The van der Waals surface area contributed by atoms with Gasteiger partial charge in [0.15, 0.2) is 29.7 Å². The number of benzene rings is 2. The predicted octanol–water partition coefficient (Wildman–Crippen LogP) is -2.36. The van der Waals surface area contributed by atoms with E-state index in [4.69, 9.17) is 23.7 Å². The SMILES string of the molecule is C[C@@H]1O[C@@H](O[C@H]2[C@H](Oc3cc(O)c4c(c3)O[C@](O)(c3ccc(O)c(O)c3)CC4=O)O[C@H](CO)[C@@H](O)[C@@H]2O)[C@H](O)[C@H](O)[C@H]1O. The summed E-state index contributed by atoms with van der Waals surface area (Å²) in [6.45, 7) is 0.626. The molecule has 0 bridgehead atoms. The van der Waals surface area contributed by atoms with Gasteiger partial charge < -0.3 is 74.7 Å². The summed E-state index contributed by atoms with van der Waals surface area (Å²) in [6, 6.07) is 5.37. The fourth-order valence-electron chi connectivity index (χ4n) is 5.17. The summed E-state index contributed by atoms with van der Waals surface area (Å²) in [4.78, 5) is 12.9. The van der Waals surface area contributed by atoms with Crippen LogP contribution in [0.3, 0.4) is 0 Å². The van der Waals surface area contributed by atoms with Crippen LogP contribution in [0.15, 0.2) is 30.3 Å². The van der Waals surface area contributed by atoms with Crippen molar-refractivity contribution >= 4 is 5.78 Å². The van der Waals surface area contributed by atoms with Crippen LogP contribution in [0, 0.1) is 0 Å². The molecule has 0 radical (unpaired) electrons. The van der Waals surface area contributed by atoms with E-state index in [1.54, 1.807) is 0 Å².